The Balaban J connectivity index is 2.59. The number of esters is 1. The lowest BCUT2D eigenvalue weighted by Gasteiger charge is -2.52. The average Bonchev–Trinajstić information content (AvgIpc) is 2.68. The summed E-state index contributed by atoms with van der Waals surface area (Å²) >= 11 is 0. The van der Waals surface area contributed by atoms with Gasteiger partial charge in [0, 0.05) is 6.92 Å². The van der Waals surface area contributed by atoms with E-state index in [4.69, 9.17) is 22.8 Å². The summed E-state index contributed by atoms with van der Waals surface area (Å²) in [6, 6.07) is 1.06. The molecule has 0 radical (unpaired) electrons. The molecule has 0 N–H and O–H groups in total. The SMILES string of the molecule is CC(=O)O[C@@H]1[C@@H](O[Si](C)(C)C(C)(C)C)[C@H](O[Si](C)(C)C(C)(C)C)[C@H]2CO[Si](C)(C)CCC[C@@H]1O2. The number of carbonyl (C=O) groups excluding carboxylic acids is 1. The van der Waals surface area contributed by atoms with Crippen LogP contribution in [0.4, 0.5) is 0 Å². The minimum Gasteiger partial charge on any atom is -0.457 e. The number of fused-ring (bicyclic) bond motifs is 2. The summed E-state index contributed by atoms with van der Waals surface area (Å²) in [7, 11) is -6.20. The zero-order valence-corrected chi connectivity index (χ0v) is 27.2. The summed E-state index contributed by atoms with van der Waals surface area (Å²) in [5.41, 5.74) is 0. The normalized spacial score (nSPS) is 31.3. The molecule has 9 heteroatoms. The van der Waals surface area contributed by atoms with Gasteiger partial charge in [-0.2, -0.15) is 0 Å². The molecule has 34 heavy (non-hydrogen) atoms. The Bertz CT molecular complexity index is 710. The number of ether oxygens (including phenoxy) is 2. The Hall–Kier alpha value is -0.0394. The minimum absolute atomic E-state index is 0.0119. The summed E-state index contributed by atoms with van der Waals surface area (Å²) in [6.45, 7) is 29.0. The number of carbonyl (C=O) groups is 1. The van der Waals surface area contributed by atoms with Gasteiger partial charge in [0.15, 0.2) is 31.1 Å². The smallest absolute Gasteiger partial charge is 0.303 e. The van der Waals surface area contributed by atoms with E-state index in [2.05, 4.69) is 80.8 Å². The maximum Gasteiger partial charge on any atom is 0.303 e. The lowest BCUT2D eigenvalue weighted by Crippen LogP contribution is -2.66. The Morgan fingerprint density at radius 3 is 1.82 bits per heavy atom. The third kappa shape index (κ3) is 7.26. The lowest BCUT2D eigenvalue weighted by molar-refractivity contribution is -0.230. The van der Waals surface area contributed by atoms with Crippen molar-refractivity contribution >= 4 is 30.9 Å². The quantitative estimate of drug-likeness (QED) is 0.298. The van der Waals surface area contributed by atoms with Crippen LogP contribution >= 0.6 is 0 Å². The van der Waals surface area contributed by atoms with Crippen LogP contribution in [0.3, 0.4) is 0 Å². The van der Waals surface area contributed by atoms with Crippen molar-refractivity contribution in [1.82, 2.24) is 0 Å². The number of rotatable bonds is 5. The predicted molar refractivity (Wildman–Crippen MR) is 146 cm³/mol. The molecule has 2 fully saturated rings. The molecule has 5 atom stereocenters. The van der Waals surface area contributed by atoms with E-state index in [0.29, 0.717) is 6.61 Å². The topological polar surface area (TPSA) is 63.2 Å². The molecule has 6 nitrogen and oxygen atoms in total. The second kappa shape index (κ2) is 10.4. The van der Waals surface area contributed by atoms with Gasteiger partial charge in [-0.25, -0.2) is 0 Å². The molecule has 2 aliphatic rings. The Morgan fingerprint density at radius 2 is 1.35 bits per heavy atom. The van der Waals surface area contributed by atoms with Crippen LogP contribution in [0, 0.1) is 0 Å². The molecule has 0 aromatic rings. The Morgan fingerprint density at radius 1 is 0.853 bits per heavy atom. The third-order valence-electron chi connectivity index (χ3n) is 8.41. The highest BCUT2D eigenvalue weighted by molar-refractivity contribution is 6.74. The van der Waals surface area contributed by atoms with Gasteiger partial charge in [-0.15, -0.1) is 0 Å². The molecule has 0 unspecified atom stereocenters. The lowest BCUT2D eigenvalue weighted by atomic mass is 9.92. The Kier molecular flexibility index (Phi) is 9.21. The van der Waals surface area contributed by atoms with E-state index in [0.717, 1.165) is 18.9 Å². The number of hydrogen-bond donors (Lipinski definition) is 0. The van der Waals surface area contributed by atoms with E-state index in [9.17, 15) is 4.79 Å². The van der Waals surface area contributed by atoms with Crippen molar-refractivity contribution in [2.24, 2.45) is 0 Å². The second-order valence-corrected chi connectivity index (χ2v) is 27.8. The zero-order valence-electron chi connectivity index (χ0n) is 24.2. The third-order valence-corrected chi connectivity index (χ3v) is 19.9. The molecular formula is C25H52O6Si3. The molecule has 2 saturated heterocycles. The number of hydrogen-bond acceptors (Lipinski definition) is 6. The van der Waals surface area contributed by atoms with Gasteiger partial charge in [0.25, 0.3) is 0 Å². The van der Waals surface area contributed by atoms with Crippen molar-refractivity contribution in [3.8, 4) is 0 Å². The molecule has 0 amide bonds. The summed E-state index contributed by atoms with van der Waals surface area (Å²) in [4.78, 5) is 12.3. The van der Waals surface area contributed by atoms with Crippen molar-refractivity contribution in [2.75, 3.05) is 6.61 Å². The van der Waals surface area contributed by atoms with Crippen LogP contribution < -0.4 is 0 Å². The van der Waals surface area contributed by atoms with Gasteiger partial charge in [0.1, 0.15) is 18.3 Å². The van der Waals surface area contributed by atoms with Crippen LogP contribution in [-0.2, 0) is 27.5 Å². The molecule has 0 spiro atoms. The van der Waals surface area contributed by atoms with Gasteiger partial charge in [0.2, 0.25) is 0 Å². The predicted octanol–water partition coefficient (Wildman–Crippen LogP) is 6.48. The first-order valence-corrected chi connectivity index (χ1v) is 21.9. The van der Waals surface area contributed by atoms with Crippen molar-refractivity contribution in [2.45, 2.75) is 147 Å². The first-order valence-electron chi connectivity index (χ1n) is 13.0. The monoisotopic (exact) mass is 532 g/mol. The fraction of sp³-hybridized carbons (Fsp3) is 0.960. The van der Waals surface area contributed by atoms with Crippen LogP contribution in [0.25, 0.3) is 0 Å². The molecule has 0 aliphatic carbocycles. The van der Waals surface area contributed by atoms with Gasteiger partial charge in [-0.1, -0.05) is 48.0 Å². The minimum atomic E-state index is -2.21. The van der Waals surface area contributed by atoms with Crippen LogP contribution in [0.1, 0.15) is 61.3 Å². The largest absolute Gasteiger partial charge is 0.457 e. The molecule has 2 heterocycles. The molecule has 200 valence electrons. The van der Waals surface area contributed by atoms with E-state index in [-0.39, 0.29) is 40.5 Å². The van der Waals surface area contributed by atoms with E-state index < -0.39 is 31.1 Å². The zero-order chi connectivity index (χ0) is 26.3. The summed E-state index contributed by atoms with van der Waals surface area (Å²) < 4.78 is 33.4. The van der Waals surface area contributed by atoms with Crippen molar-refractivity contribution in [3.63, 3.8) is 0 Å². The van der Waals surface area contributed by atoms with Crippen LogP contribution in [0.5, 0.6) is 0 Å². The molecule has 2 rings (SSSR count). The van der Waals surface area contributed by atoms with Gasteiger partial charge in [-0.05, 0) is 61.8 Å². The molecule has 2 bridgehead atoms. The maximum atomic E-state index is 12.3. The second-order valence-electron chi connectivity index (χ2n) is 13.9. The first-order chi connectivity index (χ1) is 15.2. The van der Waals surface area contributed by atoms with Crippen LogP contribution in [0.15, 0.2) is 0 Å². The molecule has 0 saturated carbocycles. The summed E-state index contributed by atoms with van der Waals surface area (Å²) in [5.74, 6) is -0.298. The molecule has 0 aromatic heterocycles. The molecular weight excluding hydrogens is 481 g/mol. The van der Waals surface area contributed by atoms with Crippen molar-refractivity contribution in [1.29, 1.82) is 0 Å². The average molecular weight is 533 g/mol. The van der Waals surface area contributed by atoms with Gasteiger partial charge >= 0.3 is 5.97 Å². The molecule has 0 aromatic carbocycles. The Labute approximate surface area is 212 Å². The standard InChI is InChI=1S/C25H52O6Si3/c1-18(26)28-21-19-15-14-16-32(8,9)27-17-20(29-19)22(30-33(10,11)24(2,3)4)23(21)31-34(12,13)25(5,6)7/h19-23H,14-17H2,1-13H3/t19-,20+,21-,22+,23+/m0/s1. The fourth-order valence-electron chi connectivity index (χ4n) is 4.11. The van der Waals surface area contributed by atoms with Gasteiger partial charge in [-0.3, -0.25) is 4.79 Å². The highest BCUT2D eigenvalue weighted by atomic mass is 28.4. The highest BCUT2D eigenvalue weighted by Gasteiger charge is 2.55. The van der Waals surface area contributed by atoms with Crippen LogP contribution in [-0.4, -0.2) is 68.0 Å². The van der Waals surface area contributed by atoms with E-state index in [1.165, 1.54) is 6.92 Å². The van der Waals surface area contributed by atoms with Crippen molar-refractivity contribution in [3.05, 3.63) is 0 Å². The van der Waals surface area contributed by atoms with Crippen molar-refractivity contribution < 1.29 is 27.5 Å². The fourth-order valence-corrected chi connectivity index (χ4v) is 8.55. The van der Waals surface area contributed by atoms with Gasteiger partial charge < -0.3 is 22.8 Å². The maximum absolute atomic E-state index is 12.3. The van der Waals surface area contributed by atoms with E-state index >= 15 is 0 Å². The van der Waals surface area contributed by atoms with Gasteiger partial charge in [0.05, 0.1) is 12.7 Å². The summed E-state index contributed by atoms with van der Waals surface area (Å²) in [5, 5.41) is 0.0354. The summed E-state index contributed by atoms with van der Waals surface area (Å²) in [6.07, 6.45) is 0.154. The molecule has 2 aliphatic heterocycles. The van der Waals surface area contributed by atoms with Crippen LogP contribution in [0.2, 0.25) is 55.4 Å². The van der Waals surface area contributed by atoms with E-state index in [1.807, 2.05) is 0 Å². The van der Waals surface area contributed by atoms with E-state index in [1.54, 1.807) is 0 Å². The highest BCUT2D eigenvalue weighted by Crippen LogP contribution is 2.44. The first kappa shape index (κ1) is 30.2.